The molecule has 1 aromatic heterocycles. The van der Waals surface area contributed by atoms with Crippen LogP contribution in [-0.4, -0.2) is 16.3 Å². The van der Waals surface area contributed by atoms with E-state index in [1.54, 1.807) is 0 Å². The summed E-state index contributed by atoms with van der Waals surface area (Å²) in [5, 5.41) is 10.2. The fourth-order valence-corrected chi connectivity index (χ4v) is 0.953. The van der Waals surface area contributed by atoms with Crippen LogP contribution in [0.1, 0.15) is 12.0 Å². The van der Waals surface area contributed by atoms with Gasteiger partial charge >= 0.3 is 18.1 Å². The number of ether oxygens (including phenoxy) is 1. The van der Waals surface area contributed by atoms with Crippen LogP contribution < -0.4 is 4.74 Å². The fourth-order valence-electron chi connectivity index (χ4n) is 0.953. The van der Waals surface area contributed by atoms with E-state index >= 15 is 0 Å². The average Bonchev–Trinajstić information content (AvgIpc) is 2.17. The maximum absolute atomic E-state index is 12.9. The van der Waals surface area contributed by atoms with Crippen molar-refractivity contribution in [1.29, 1.82) is 0 Å². The van der Waals surface area contributed by atoms with Crippen LogP contribution in [0.3, 0.4) is 0 Å². The predicted molar refractivity (Wildman–Crippen MR) is 42.5 cm³/mol. The number of nitrogens with zero attached hydrogens (tertiary/aromatic N) is 2. The Morgan fingerprint density at radius 1 is 1.39 bits per heavy atom. The molecule has 1 rings (SSSR count). The molecule has 0 N–H and O–H groups in total. The van der Waals surface area contributed by atoms with Crippen LogP contribution in [0.5, 0.6) is 5.88 Å². The Kier molecular flexibility index (Phi) is 3.62. The van der Waals surface area contributed by atoms with E-state index in [4.69, 9.17) is 0 Å². The zero-order valence-corrected chi connectivity index (χ0v) is 8.04. The lowest BCUT2D eigenvalue weighted by Crippen LogP contribution is -2.19. The molecule has 0 saturated heterocycles. The van der Waals surface area contributed by atoms with E-state index in [1.807, 2.05) is 0 Å². The monoisotopic (exact) mass is 276 g/mol. The molecule has 0 fully saturated rings. The second-order valence-corrected chi connectivity index (χ2v) is 2.79. The van der Waals surface area contributed by atoms with Gasteiger partial charge in [-0.05, 0) is 11.0 Å². The van der Waals surface area contributed by atoms with Gasteiger partial charge in [-0.25, -0.2) is 8.78 Å². The number of halogens is 6. The van der Waals surface area contributed by atoms with Crippen molar-refractivity contribution in [2.45, 2.75) is 12.8 Å². The molecule has 0 unspecified atom stereocenters. The van der Waals surface area contributed by atoms with Crippen LogP contribution in [0.4, 0.5) is 32.2 Å². The number of aromatic nitrogens is 1. The van der Waals surface area contributed by atoms with Crippen LogP contribution in [0, 0.1) is 15.9 Å². The normalized spacial score (nSPS) is 11.7. The molecule has 0 bridgehead atoms. The Morgan fingerprint density at radius 2 is 1.94 bits per heavy atom. The molecule has 11 heteroatoms. The zero-order chi connectivity index (χ0) is 14.1. The quantitative estimate of drug-likeness (QED) is 0.483. The van der Waals surface area contributed by atoms with Gasteiger partial charge in [0, 0.05) is 4.98 Å². The van der Waals surface area contributed by atoms with Crippen molar-refractivity contribution in [2.75, 3.05) is 0 Å². The average molecular weight is 276 g/mol. The maximum atomic E-state index is 12.9. The molecule has 1 heterocycles. The first-order chi connectivity index (χ1) is 8.11. The van der Waals surface area contributed by atoms with E-state index in [9.17, 15) is 36.5 Å². The summed E-state index contributed by atoms with van der Waals surface area (Å²) in [5.41, 5.74) is -1.53. The van der Waals surface area contributed by atoms with Gasteiger partial charge in [0.05, 0.1) is 0 Å². The third-order valence-corrected chi connectivity index (χ3v) is 1.57. The summed E-state index contributed by atoms with van der Waals surface area (Å²) in [6.45, 7) is 0. The molecule has 0 aliphatic rings. The van der Waals surface area contributed by atoms with Gasteiger partial charge in [-0.2, -0.15) is 4.39 Å². The van der Waals surface area contributed by atoms with Crippen LogP contribution in [0.15, 0.2) is 6.07 Å². The number of pyridine rings is 1. The van der Waals surface area contributed by atoms with Crippen molar-refractivity contribution in [2.24, 2.45) is 0 Å². The summed E-state index contributed by atoms with van der Waals surface area (Å²) in [6.07, 6.45) is -8.92. The minimum Gasteiger partial charge on any atom is -0.366 e. The zero-order valence-electron chi connectivity index (χ0n) is 8.04. The minimum absolute atomic E-state index is 0.128. The molecule has 18 heavy (non-hydrogen) atoms. The minimum atomic E-state index is -5.39. The van der Waals surface area contributed by atoms with Gasteiger partial charge in [-0.15, -0.1) is 13.2 Å². The lowest BCUT2D eigenvalue weighted by atomic mass is 10.2. The highest BCUT2D eigenvalue weighted by Gasteiger charge is 2.38. The Bertz CT molecular complexity index is 475. The van der Waals surface area contributed by atoms with Gasteiger partial charge in [-0.3, -0.25) is 0 Å². The summed E-state index contributed by atoms with van der Waals surface area (Å²) in [4.78, 5) is 11.2. The van der Waals surface area contributed by atoms with E-state index in [0.29, 0.717) is 0 Å². The van der Waals surface area contributed by atoms with E-state index in [1.165, 1.54) is 0 Å². The first kappa shape index (κ1) is 14.0. The topological polar surface area (TPSA) is 65.3 Å². The largest absolute Gasteiger partial charge is 0.575 e. The SMILES string of the molecule is O=[N+]([O-])c1nc(OC(F)(F)F)c(C(F)F)cc1F. The first-order valence-corrected chi connectivity index (χ1v) is 4.00. The van der Waals surface area contributed by atoms with Gasteiger partial charge < -0.3 is 14.9 Å². The number of alkyl halides is 5. The lowest BCUT2D eigenvalue weighted by molar-refractivity contribution is -0.392. The van der Waals surface area contributed by atoms with Crippen molar-refractivity contribution in [3.8, 4) is 5.88 Å². The van der Waals surface area contributed by atoms with Crippen LogP contribution in [-0.2, 0) is 0 Å². The Labute approximate surface area is 94.1 Å². The molecule has 0 spiro atoms. The summed E-state index contributed by atoms with van der Waals surface area (Å²) in [6, 6.07) is -0.128. The summed E-state index contributed by atoms with van der Waals surface area (Å²) in [5.74, 6) is -5.19. The Hall–Kier alpha value is -2.07. The molecule has 0 radical (unpaired) electrons. The highest BCUT2D eigenvalue weighted by Crippen LogP contribution is 2.34. The van der Waals surface area contributed by atoms with E-state index in [0.717, 1.165) is 0 Å². The van der Waals surface area contributed by atoms with E-state index in [2.05, 4.69) is 9.72 Å². The molecular formula is C7H2F6N2O3. The molecule has 0 atom stereocenters. The molecule has 0 amide bonds. The van der Waals surface area contributed by atoms with Crippen molar-refractivity contribution < 1.29 is 36.0 Å². The van der Waals surface area contributed by atoms with Gasteiger partial charge in [-0.1, -0.05) is 0 Å². The lowest BCUT2D eigenvalue weighted by Gasteiger charge is -2.08. The summed E-state index contributed by atoms with van der Waals surface area (Å²) >= 11 is 0. The van der Waals surface area contributed by atoms with E-state index < -0.39 is 40.8 Å². The maximum Gasteiger partial charge on any atom is 0.575 e. The van der Waals surface area contributed by atoms with Gasteiger partial charge in [0.1, 0.15) is 5.56 Å². The number of hydrogen-bond acceptors (Lipinski definition) is 4. The summed E-state index contributed by atoms with van der Waals surface area (Å²) < 4.78 is 76.1. The molecular weight excluding hydrogens is 274 g/mol. The van der Waals surface area contributed by atoms with Gasteiger partial charge in [0.2, 0.25) is 5.82 Å². The highest BCUT2D eigenvalue weighted by molar-refractivity contribution is 5.36. The second kappa shape index (κ2) is 4.66. The number of hydrogen-bond donors (Lipinski definition) is 0. The standard InChI is InChI=1S/C7H2F6N2O3/c8-3-1-2(4(9)10)6(18-7(11,12)13)14-5(3)15(16)17/h1,4H. The number of nitro groups is 1. The second-order valence-electron chi connectivity index (χ2n) is 2.79. The summed E-state index contributed by atoms with van der Waals surface area (Å²) in [7, 11) is 0. The van der Waals surface area contributed by atoms with Crippen molar-refractivity contribution in [1.82, 2.24) is 4.98 Å². The Morgan fingerprint density at radius 3 is 2.33 bits per heavy atom. The van der Waals surface area contributed by atoms with Gasteiger partial charge in [0.15, 0.2) is 0 Å². The molecule has 0 aromatic carbocycles. The van der Waals surface area contributed by atoms with Crippen LogP contribution in [0.25, 0.3) is 0 Å². The van der Waals surface area contributed by atoms with Crippen LogP contribution >= 0.6 is 0 Å². The third kappa shape index (κ3) is 3.21. The highest BCUT2D eigenvalue weighted by atomic mass is 19.4. The number of rotatable bonds is 3. The molecule has 0 saturated carbocycles. The predicted octanol–water partition coefficient (Wildman–Crippen LogP) is 2.97. The van der Waals surface area contributed by atoms with Crippen LogP contribution in [0.2, 0.25) is 0 Å². The molecule has 0 aliphatic carbocycles. The molecule has 1 aromatic rings. The fraction of sp³-hybridized carbons (Fsp3) is 0.286. The van der Waals surface area contributed by atoms with Crippen molar-refractivity contribution >= 4 is 5.82 Å². The Balaban J connectivity index is 3.35. The van der Waals surface area contributed by atoms with Gasteiger partial charge in [0.25, 0.3) is 6.43 Å². The molecule has 0 aliphatic heterocycles. The first-order valence-electron chi connectivity index (χ1n) is 4.00. The van der Waals surface area contributed by atoms with E-state index in [-0.39, 0.29) is 6.07 Å². The molecule has 100 valence electrons. The molecule has 5 nitrogen and oxygen atoms in total. The van der Waals surface area contributed by atoms with Crippen molar-refractivity contribution in [3.05, 3.63) is 27.6 Å². The van der Waals surface area contributed by atoms with Crippen molar-refractivity contribution in [3.63, 3.8) is 0 Å². The third-order valence-electron chi connectivity index (χ3n) is 1.57. The smallest absolute Gasteiger partial charge is 0.366 e.